The second-order valence-electron chi connectivity index (χ2n) is 7.99. The molecule has 0 aliphatic heterocycles. The van der Waals surface area contributed by atoms with Crippen LogP contribution >= 0.6 is 11.8 Å². The molecule has 0 saturated heterocycles. The number of benzene rings is 1. The van der Waals surface area contributed by atoms with E-state index < -0.39 is 12.7 Å². The summed E-state index contributed by atoms with van der Waals surface area (Å²) in [5.41, 5.74) is 1.54. The Hall–Kier alpha value is -2.66. The lowest BCUT2D eigenvalue weighted by molar-refractivity contribution is -0.141. The summed E-state index contributed by atoms with van der Waals surface area (Å²) in [6.07, 6.45) is -4.38. The molecule has 0 amide bonds. The number of Topliss-reactive ketones (excluding diaryl/α,β-unsaturated/α-hetero) is 1. The van der Waals surface area contributed by atoms with E-state index >= 15 is 0 Å². The summed E-state index contributed by atoms with van der Waals surface area (Å²) >= 11 is 1.13. The Morgan fingerprint density at radius 1 is 1.15 bits per heavy atom. The van der Waals surface area contributed by atoms with Crippen molar-refractivity contribution in [2.45, 2.75) is 44.7 Å². The molecule has 1 aromatic carbocycles. The van der Waals surface area contributed by atoms with Crippen LogP contribution in [0.1, 0.15) is 40.5 Å². The maximum Gasteiger partial charge on any atom is 0.406 e. The van der Waals surface area contributed by atoms with Crippen LogP contribution in [0, 0.1) is 19.7 Å². The number of nitrogens with zero attached hydrogens (tertiary/aromatic N) is 5. The molecule has 1 atom stereocenters. The zero-order valence-corrected chi connectivity index (χ0v) is 19.8. The highest BCUT2D eigenvalue weighted by Crippen LogP contribution is 2.29. The van der Waals surface area contributed by atoms with E-state index in [1.165, 1.54) is 25.1 Å². The van der Waals surface area contributed by atoms with E-state index in [4.69, 9.17) is 0 Å². The summed E-state index contributed by atoms with van der Waals surface area (Å²) in [6, 6.07) is 7.22. The van der Waals surface area contributed by atoms with Gasteiger partial charge in [-0.05, 0) is 65.2 Å². The molecular formula is C22H25F4N5OS. The topological polar surface area (TPSA) is 56.0 Å². The molecule has 0 spiro atoms. The van der Waals surface area contributed by atoms with Crippen molar-refractivity contribution in [2.75, 3.05) is 19.8 Å². The van der Waals surface area contributed by atoms with Crippen LogP contribution in [-0.4, -0.2) is 56.0 Å². The minimum absolute atomic E-state index is 0.0357. The lowest BCUT2D eigenvalue weighted by atomic mass is 10.2. The van der Waals surface area contributed by atoms with Crippen molar-refractivity contribution in [3.63, 3.8) is 0 Å². The summed E-state index contributed by atoms with van der Waals surface area (Å²) in [5.74, 6) is -0.110. The Bertz CT molecular complexity index is 1140. The van der Waals surface area contributed by atoms with E-state index in [2.05, 4.69) is 10.2 Å². The van der Waals surface area contributed by atoms with Gasteiger partial charge in [0.1, 0.15) is 12.4 Å². The molecular weight excluding hydrogens is 458 g/mol. The van der Waals surface area contributed by atoms with Crippen molar-refractivity contribution in [2.24, 2.45) is 0 Å². The minimum atomic E-state index is -4.38. The van der Waals surface area contributed by atoms with Crippen LogP contribution in [0.25, 0.3) is 5.69 Å². The number of hydrogen-bond donors (Lipinski definition) is 0. The van der Waals surface area contributed by atoms with E-state index in [9.17, 15) is 22.4 Å². The first kappa shape index (κ1) is 25.0. The van der Waals surface area contributed by atoms with E-state index in [0.29, 0.717) is 22.4 Å². The monoisotopic (exact) mass is 483 g/mol. The summed E-state index contributed by atoms with van der Waals surface area (Å²) in [7, 11) is 3.78. The molecule has 3 rings (SSSR count). The molecule has 0 aliphatic rings. The van der Waals surface area contributed by atoms with Gasteiger partial charge in [0.2, 0.25) is 0 Å². The predicted molar refractivity (Wildman–Crippen MR) is 118 cm³/mol. The van der Waals surface area contributed by atoms with Crippen LogP contribution < -0.4 is 0 Å². The number of alkyl halides is 3. The molecule has 0 N–H and O–H groups in total. The van der Waals surface area contributed by atoms with Crippen LogP contribution in [0.2, 0.25) is 0 Å². The van der Waals surface area contributed by atoms with E-state index in [1.807, 2.05) is 25.9 Å². The molecule has 0 aliphatic carbocycles. The zero-order valence-electron chi connectivity index (χ0n) is 18.9. The molecule has 33 heavy (non-hydrogen) atoms. The van der Waals surface area contributed by atoms with Crippen LogP contribution in [0.5, 0.6) is 0 Å². The summed E-state index contributed by atoms with van der Waals surface area (Å²) in [5, 5.41) is 8.94. The first-order valence-electron chi connectivity index (χ1n) is 10.2. The fourth-order valence-electron chi connectivity index (χ4n) is 3.42. The fourth-order valence-corrected chi connectivity index (χ4v) is 4.27. The maximum atomic E-state index is 13.5. The minimum Gasteiger partial charge on any atom is -0.339 e. The van der Waals surface area contributed by atoms with Crippen molar-refractivity contribution < 1.29 is 22.4 Å². The molecule has 6 nitrogen and oxygen atoms in total. The van der Waals surface area contributed by atoms with Gasteiger partial charge < -0.3 is 4.57 Å². The summed E-state index contributed by atoms with van der Waals surface area (Å²) in [4.78, 5) is 14.8. The number of rotatable bonds is 8. The van der Waals surface area contributed by atoms with Gasteiger partial charge in [-0.2, -0.15) is 13.2 Å². The summed E-state index contributed by atoms with van der Waals surface area (Å²) < 4.78 is 55.0. The molecule has 3 aromatic rings. The van der Waals surface area contributed by atoms with Crippen molar-refractivity contribution in [3.8, 4) is 5.69 Å². The number of carbonyl (C=O) groups is 1. The third-order valence-electron chi connectivity index (χ3n) is 5.44. The number of carbonyl (C=O) groups excluding carboxylic acids is 1. The fraction of sp³-hybridized carbons (Fsp3) is 0.409. The van der Waals surface area contributed by atoms with Crippen molar-refractivity contribution >= 4 is 17.5 Å². The van der Waals surface area contributed by atoms with Gasteiger partial charge in [0, 0.05) is 22.6 Å². The molecule has 178 valence electrons. The van der Waals surface area contributed by atoms with Gasteiger partial charge in [-0.1, -0.05) is 11.8 Å². The van der Waals surface area contributed by atoms with Gasteiger partial charge in [-0.3, -0.25) is 14.3 Å². The van der Waals surface area contributed by atoms with Gasteiger partial charge in [-0.25, -0.2) is 4.39 Å². The van der Waals surface area contributed by atoms with E-state index in [1.54, 1.807) is 23.6 Å². The average molecular weight is 484 g/mol. The third-order valence-corrected chi connectivity index (χ3v) is 6.36. The molecule has 11 heteroatoms. The number of aryl methyl sites for hydroxylation is 1. The van der Waals surface area contributed by atoms with Crippen LogP contribution in [0.15, 0.2) is 35.5 Å². The van der Waals surface area contributed by atoms with E-state index in [-0.39, 0.29) is 34.7 Å². The lowest BCUT2D eigenvalue weighted by Gasteiger charge is -2.20. The first-order valence-corrected chi connectivity index (χ1v) is 11.1. The standard InChI is InChI=1S/C22H25F4N5OS/c1-13-10-18(14(2)30(13)12-22(24,25)26)19(32)11-33-21-28-27-20(15(3)29(4)5)31(21)17-8-6-16(23)7-9-17/h6-10,15H,11-12H2,1-5H3/t15-/m1/s1. The van der Waals surface area contributed by atoms with Gasteiger partial charge in [0.25, 0.3) is 0 Å². The Morgan fingerprint density at radius 3 is 2.36 bits per heavy atom. The smallest absolute Gasteiger partial charge is 0.339 e. The predicted octanol–water partition coefficient (Wildman–Crippen LogP) is 4.98. The highest BCUT2D eigenvalue weighted by molar-refractivity contribution is 7.99. The normalized spacial score (nSPS) is 13.0. The van der Waals surface area contributed by atoms with Crippen LogP contribution in [0.3, 0.4) is 0 Å². The quantitative estimate of drug-likeness (QED) is 0.257. The molecule has 2 aromatic heterocycles. The Balaban J connectivity index is 1.88. The molecule has 0 bridgehead atoms. The van der Waals surface area contributed by atoms with Crippen molar-refractivity contribution in [1.82, 2.24) is 24.2 Å². The first-order chi connectivity index (χ1) is 15.4. The average Bonchev–Trinajstić information content (AvgIpc) is 3.27. The van der Waals surface area contributed by atoms with Gasteiger partial charge in [0.15, 0.2) is 16.8 Å². The van der Waals surface area contributed by atoms with Crippen LogP contribution in [-0.2, 0) is 6.54 Å². The van der Waals surface area contributed by atoms with Crippen molar-refractivity contribution in [3.05, 3.63) is 58.9 Å². The molecule has 0 unspecified atom stereocenters. The number of halogens is 4. The zero-order chi connectivity index (χ0) is 24.5. The molecule has 0 radical (unpaired) electrons. The SMILES string of the molecule is Cc1cc(C(=O)CSc2nnc([C@@H](C)N(C)C)n2-c2ccc(F)cc2)c(C)n1CC(F)(F)F. The maximum absolute atomic E-state index is 13.5. The van der Waals surface area contributed by atoms with Gasteiger partial charge in [-0.15, -0.1) is 10.2 Å². The molecule has 0 fully saturated rings. The lowest BCUT2D eigenvalue weighted by Crippen LogP contribution is -2.20. The Kier molecular flexibility index (Phi) is 7.32. The van der Waals surface area contributed by atoms with Gasteiger partial charge >= 0.3 is 6.18 Å². The number of aromatic nitrogens is 4. The van der Waals surface area contributed by atoms with E-state index in [0.717, 1.165) is 16.3 Å². The number of thioether (sulfide) groups is 1. The van der Waals surface area contributed by atoms with Gasteiger partial charge in [0.05, 0.1) is 11.8 Å². The highest BCUT2D eigenvalue weighted by atomic mass is 32.2. The second kappa shape index (κ2) is 9.68. The second-order valence-corrected chi connectivity index (χ2v) is 8.93. The molecule has 2 heterocycles. The van der Waals surface area contributed by atoms with Crippen LogP contribution in [0.4, 0.5) is 17.6 Å². The Morgan fingerprint density at radius 2 is 1.79 bits per heavy atom. The highest BCUT2D eigenvalue weighted by Gasteiger charge is 2.30. The largest absolute Gasteiger partial charge is 0.406 e. The molecule has 0 saturated carbocycles. The summed E-state index contributed by atoms with van der Waals surface area (Å²) in [6.45, 7) is 3.85. The third kappa shape index (κ3) is 5.64. The number of hydrogen-bond acceptors (Lipinski definition) is 5. The van der Waals surface area contributed by atoms with Crippen molar-refractivity contribution in [1.29, 1.82) is 0 Å². The number of ketones is 1. The Labute approximate surface area is 193 Å².